The highest BCUT2D eigenvalue weighted by Crippen LogP contribution is 2.17. The fourth-order valence-electron chi connectivity index (χ4n) is 3.30. The molecule has 27 heavy (non-hydrogen) atoms. The zero-order chi connectivity index (χ0) is 18.8. The van der Waals surface area contributed by atoms with Crippen LogP contribution < -0.4 is 15.0 Å². The maximum absolute atomic E-state index is 13.2. The molecule has 1 heterocycles. The summed E-state index contributed by atoms with van der Waals surface area (Å²) in [4.78, 5) is 27.5. The monoisotopic (exact) mass is 430 g/mol. The molecule has 0 atom stereocenters. The van der Waals surface area contributed by atoms with E-state index in [0.29, 0.717) is 5.39 Å². The molecule has 5 nitrogen and oxygen atoms in total. The van der Waals surface area contributed by atoms with Crippen LogP contribution in [0.25, 0.3) is 10.9 Å². The van der Waals surface area contributed by atoms with E-state index in [-0.39, 0.29) is 41.0 Å². The predicted molar refractivity (Wildman–Crippen MR) is 114 cm³/mol. The normalized spacial score (nSPS) is 10.7. The molecule has 0 N–H and O–H groups in total. The number of carbonyl (C=O) groups excluding carboxylic acids is 1. The van der Waals surface area contributed by atoms with E-state index in [0.717, 1.165) is 17.0 Å². The van der Waals surface area contributed by atoms with Gasteiger partial charge in [-0.15, -0.1) is 17.0 Å². The van der Waals surface area contributed by atoms with Crippen molar-refractivity contribution in [2.24, 2.45) is 7.05 Å². The van der Waals surface area contributed by atoms with E-state index in [9.17, 15) is 9.59 Å². The first-order valence-electron chi connectivity index (χ1n) is 8.77. The summed E-state index contributed by atoms with van der Waals surface area (Å²) in [6.07, 6.45) is 0. The molecule has 0 spiro atoms. The number of aromatic nitrogens is 2. The van der Waals surface area contributed by atoms with Gasteiger partial charge < -0.3 is 4.90 Å². The summed E-state index contributed by atoms with van der Waals surface area (Å²) in [6, 6.07) is 17.1. The van der Waals surface area contributed by atoms with Crippen LogP contribution in [0.4, 0.5) is 5.69 Å². The van der Waals surface area contributed by atoms with E-state index < -0.39 is 0 Å². The third-order valence-corrected chi connectivity index (χ3v) is 4.72. The summed E-state index contributed by atoms with van der Waals surface area (Å²) in [5, 5.41) is 0.615. The Hall–Kier alpha value is -2.47. The van der Waals surface area contributed by atoms with Crippen molar-refractivity contribution in [3.05, 3.63) is 70.8 Å². The lowest BCUT2D eigenvalue weighted by atomic mass is 10.2. The molecule has 6 heteroatoms. The van der Waals surface area contributed by atoms with E-state index in [1.165, 1.54) is 0 Å². The number of halogens is 1. The first-order chi connectivity index (χ1) is 12.4. The average molecular weight is 431 g/mol. The number of carbonyl (C=O) groups is 1. The number of rotatable bonds is 4. The van der Waals surface area contributed by atoms with Crippen LogP contribution in [0.3, 0.4) is 0 Å². The number of hydrogen-bond acceptors (Lipinski definition) is 2. The SMILES string of the molecule is Br.Cc1n(C)c(=O)c2ccccc2[n+]1CC(=O)N(c1ccccc1)C(C)C. The highest BCUT2D eigenvalue weighted by atomic mass is 79.9. The van der Waals surface area contributed by atoms with Crippen LogP contribution in [0, 0.1) is 6.92 Å². The molecule has 1 aromatic heterocycles. The Morgan fingerprint density at radius 3 is 2.30 bits per heavy atom. The molecule has 0 aliphatic heterocycles. The van der Waals surface area contributed by atoms with E-state index >= 15 is 0 Å². The molecule has 0 saturated heterocycles. The molecule has 0 radical (unpaired) electrons. The van der Waals surface area contributed by atoms with Crippen molar-refractivity contribution in [1.29, 1.82) is 0 Å². The summed E-state index contributed by atoms with van der Waals surface area (Å²) in [5.41, 5.74) is 1.60. The quantitative estimate of drug-likeness (QED) is 0.596. The fourth-order valence-corrected chi connectivity index (χ4v) is 3.30. The molecular formula is C21H25BrN3O2+. The van der Waals surface area contributed by atoms with Crippen LogP contribution in [0.1, 0.15) is 19.7 Å². The van der Waals surface area contributed by atoms with Crippen LogP contribution in [0.5, 0.6) is 0 Å². The number of hydrogen-bond donors (Lipinski definition) is 0. The van der Waals surface area contributed by atoms with Crippen LogP contribution in [0.15, 0.2) is 59.4 Å². The smallest absolute Gasteiger partial charge is 0.307 e. The van der Waals surface area contributed by atoms with Gasteiger partial charge in [-0.3, -0.25) is 4.79 Å². The number of anilines is 1. The largest absolute Gasteiger partial charge is 0.345 e. The molecule has 0 fully saturated rings. The second-order valence-corrected chi connectivity index (χ2v) is 6.71. The molecule has 1 amide bonds. The maximum Gasteiger partial charge on any atom is 0.345 e. The van der Waals surface area contributed by atoms with Gasteiger partial charge in [-0.1, -0.05) is 30.3 Å². The molecule has 0 bridgehead atoms. The molecule has 0 aliphatic carbocycles. The van der Waals surface area contributed by atoms with E-state index in [1.807, 2.05) is 73.9 Å². The molecule has 2 aromatic carbocycles. The minimum absolute atomic E-state index is 0. The van der Waals surface area contributed by atoms with E-state index in [1.54, 1.807) is 22.6 Å². The number of benzene rings is 2. The van der Waals surface area contributed by atoms with Gasteiger partial charge >= 0.3 is 5.56 Å². The number of nitrogens with zero attached hydrogens (tertiary/aromatic N) is 3. The second kappa shape index (κ2) is 8.48. The summed E-state index contributed by atoms with van der Waals surface area (Å²) in [5.74, 6) is 0.738. The Morgan fingerprint density at radius 2 is 1.67 bits per heavy atom. The standard InChI is InChI=1S/C21H24N3O2.BrH/c1-15(2)24(17-10-6-5-7-11-17)20(25)14-23-16(3)22(4)21(26)18-12-8-9-13-19(18)23;/h5-13,15H,14H2,1-4H3;1H/q+1;. The number of amides is 1. The lowest BCUT2D eigenvalue weighted by Gasteiger charge is -2.26. The molecule has 3 aromatic rings. The van der Waals surface area contributed by atoms with E-state index in [2.05, 4.69) is 0 Å². The number of para-hydroxylation sites is 2. The molecule has 0 saturated carbocycles. The molecule has 3 rings (SSSR count). The van der Waals surface area contributed by atoms with Crippen LogP contribution >= 0.6 is 17.0 Å². The van der Waals surface area contributed by atoms with Crippen molar-refractivity contribution in [1.82, 2.24) is 4.57 Å². The molecule has 0 unspecified atom stereocenters. The predicted octanol–water partition coefficient (Wildman–Crippen LogP) is 3.15. The first-order valence-corrected chi connectivity index (χ1v) is 8.77. The number of fused-ring (bicyclic) bond motifs is 1. The lowest BCUT2D eigenvalue weighted by Crippen LogP contribution is -2.52. The van der Waals surface area contributed by atoms with Gasteiger partial charge in [0.15, 0.2) is 6.54 Å². The Morgan fingerprint density at radius 1 is 1.07 bits per heavy atom. The van der Waals surface area contributed by atoms with Crippen molar-refractivity contribution in [3.63, 3.8) is 0 Å². The fraction of sp³-hybridized carbons (Fsp3) is 0.286. The maximum atomic E-state index is 13.2. The summed E-state index contributed by atoms with van der Waals surface area (Å²) < 4.78 is 3.51. The minimum atomic E-state index is -0.0504. The van der Waals surface area contributed by atoms with Gasteiger partial charge in [0.25, 0.3) is 11.7 Å². The summed E-state index contributed by atoms with van der Waals surface area (Å²) >= 11 is 0. The van der Waals surface area contributed by atoms with Crippen molar-refractivity contribution in [3.8, 4) is 0 Å². The van der Waals surface area contributed by atoms with Crippen LogP contribution in [-0.2, 0) is 18.4 Å². The Labute approximate surface area is 169 Å². The third-order valence-electron chi connectivity index (χ3n) is 4.72. The molecule has 142 valence electrons. The molecular weight excluding hydrogens is 406 g/mol. The van der Waals surface area contributed by atoms with Crippen molar-refractivity contribution in [2.45, 2.75) is 33.4 Å². The zero-order valence-corrected chi connectivity index (χ0v) is 17.8. The van der Waals surface area contributed by atoms with Gasteiger partial charge in [0.05, 0.1) is 7.05 Å². The zero-order valence-electron chi connectivity index (χ0n) is 16.0. The highest BCUT2D eigenvalue weighted by Gasteiger charge is 2.25. The van der Waals surface area contributed by atoms with Crippen LogP contribution in [0.2, 0.25) is 0 Å². The average Bonchev–Trinajstić information content (AvgIpc) is 2.64. The van der Waals surface area contributed by atoms with Gasteiger partial charge in [-0.25, -0.2) is 9.36 Å². The first kappa shape index (κ1) is 20.8. The topological polar surface area (TPSA) is 46.2 Å². The van der Waals surface area contributed by atoms with Gasteiger partial charge in [0, 0.05) is 18.7 Å². The van der Waals surface area contributed by atoms with Crippen molar-refractivity contribution >= 4 is 39.5 Å². The van der Waals surface area contributed by atoms with Gasteiger partial charge in [0.1, 0.15) is 10.9 Å². The Balaban J connectivity index is 0.00000261. The highest BCUT2D eigenvalue weighted by molar-refractivity contribution is 8.93. The summed E-state index contributed by atoms with van der Waals surface area (Å²) in [6.45, 7) is 6.04. The Bertz CT molecular complexity index is 1010. The minimum Gasteiger partial charge on any atom is -0.307 e. The second-order valence-electron chi connectivity index (χ2n) is 6.71. The van der Waals surface area contributed by atoms with Crippen molar-refractivity contribution in [2.75, 3.05) is 4.90 Å². The van der Waals surface area contributed by atoms with Crippen LogP contribution in [-0.4, -0.2) is 16.5 Å². The third kappa shape index (κ3) is 3.95. The van der Waals surface area contributed by atoms with Crippen molar-refractivity contribution < 1.29 is 9.36 Å². The molecule has 0 aliphatic rings. The lowest BCUT2D eigenvalue weighted by molar-refractivity contribution is -0.669. The Kier molecular flexibility index (Phi) is 6.54. The van der Waals surface area contributed by atoms with Gasteiger partial charge in [-0.2, -0.15) is 4.57 Å². The van der Waals surface area contributed by atoms with E-state index in [4.69, 9.17) is 0 Å². The van der Waals surface area contributed by atoms with Gasteiger partial charge in [-0.05, 0) is 38.1 Å². The van der Waals surface area contributed by atoms with Gasteiger partial charge in [0.2, 0.25) is 0 Å². The summed E-state index contributed by atoms with van der Waals surface area (Å²) in [7, 11) is 1.74.